The van der Waals surface area contributed by atoms with E-state index in [1.807, 2.05) is 12.1 Å². The number of benzene rings is 1. The first-order valence-corrected chi connectivity index (χ1v) is 10.5. The Kier molecular flexibility index (Phi) is 7.26. The summed E-state index contributed by atoms with van der Waals surface area (Å²) in [7, 11) is -3.59. The normalized spacial score (nSPS) is 11.3. The van der Waals surface area contributed by atoms with Crippen LogP contribution in [0.1, 0.15) is 43.9 Å². The Bertz CT molecular complexity index is 799. The molecule has 0 N–H and O–H groups in total. The fourth-order valence-electron chi connectivity index (χ4n) is 2.60. The molecule has 1 aromatic carbocycles. The van der Waals surface area contributed by atoms with Crippen LogP contribution in [0.5, 0.6) is 5.75 Å². The van der Waals surface area contributed by atoms with Crippen molar-refractivity contribution in [2.24, 2.45) is 0 Å². The molecule has 0 spiro atoms. The highest BCUT2D eigenvalue weighted by molar-refractivity contribution is 7.86. The maximum absolute atomic E-state index is 12.6. The molecule has 0 saturated heterocycles. The minimum Gasteiger partial charge on any atom is -0.467 e. The van der Waals surface area contributed by atoms with Gasteiger partial charge in [-0.1, -0.05) is 31.9 Å². The van der Waals surface area contributed by atoms with Gasteiger partial charge < -0.3 is 13.5 Å². The number of amides is 1. The predicted molar refractivity (Wildman–Crippen MR) is 99.0 cm³/mol. The van der Waals surface area contributed by atoms with Crippen molar-refractivity contribution in [2.75, 3.05) is 6.26 Å². The molecule has 2 aromatic rings. The van der Waals surface area contributed by atoms with Gasteiger partial charge in [0, 0.05) is 13.0 Å². The molecule has 142 valence electrons. The first-order valence-electron chi connectivity index (χ1n) is 8.66. The predicted octanol–water partition coefficient (Wildman–Crippen LogP) is 3.73. The van der Waals surface area contributed by atoms with Gasteiger partial charge in [-0.3, -0.25) is 4.79 Å². The van der Waals surface area contributed by atoms with E-state index in [4.69, 9.17) is 8.60 Å². The number of hydrogen-bond acceptors (Lipinski definition) is 5. The van der Waals surface area contributed by atoms with Gasteiger partial charge >= 0.3 is 10.1 Å². The molecular weight excluding hydrogens is 354 g/mol. The summed E-state index contributed by atoms with van der Waals surface area (Å²) < 4.78 is 32.9. The Morgan fingerprint density at radius 3 is 2.62 bits per heavy atom. The maximum Gasteiger partial charge on any atom is 0.306 e. The number of furan rings is 1. The lowest BCUT2D eigenvalue weighted by Crippen LogP contribution is -2.29. The molecule has 0 unspecified atom stereocenters. The molecule has 1 heterocycles. The van der Waals surface area contributed by atoms with Gasteiger partial charge in [0.15, 0.2) is 0 Å². The summed E-state index contributed by atoms with van der Waals surface area (Å²) in [5.41, 5.74) is 0.793. The summed E-state index contributed by atoms with van der Waals surface area (Å²) in [5, 5.41) is 0. The van der Waals surface area contributed by atoms with E-state index in [1.54, 1.807) is 35.4 Å². The molecule has 0 atom stereocenters. The second-order valence-corrected chi connectivity index (χ2v) is 7.80. The molecule has 7 heteroatoms. The molecule has 1 aromatic heterocycles. The van der Waals surface area contributed by atoms with Crippen molar-refractivity contribution in [1.82, 2.24) is 4.90 Å². The molecule has 26 heavy (non-hydrogen) atoms. The second kappa shape index (κ2) is 9.43. The Labute approximate surface area is 154 Å². The monoisotopic (exact) mass is 379 g/mol. The van der Waals surface area contributed by atoms with E-state index < -0.39 is 10.1 Å². The summed E-state index contributed by atoms with van der Waals surface area (Å²) in [6.45, 7) is 2.82. The Balaban J connectivity index is 2.12. The van der Waals surface area contributed by atoms with Crippen LogP contribution >= 0.6 is 0 Å². The average molecular weight is 379 g/mol. The van der Waals surface area contributed by atoms with Gasteiger partial charge in [0.1, 0.15) is 11.5 Å². The van der Waals surface area contributed by atoms with E-state index in [0.29, 0.717) is 25.3 Å². The van der Waals surface area contributed by atoms with Crippen LogP contribution in [0.15, 0.2) is 47.1 Å². The molecule has 6 nitrogen and oxygen atoms in total. The van der Waals surface area contributed by atoms with Crippen LogP contribution in [-0.4, -0.2) is 25.5 Å². The summed E-state index contributed by atoms with van der Waals surface area (Å²) in [6, 6.07) is 10.4. The highest BCUT2D eigenvalue weighted by Gasteiger charge is 2.16. The Morgan fingerprint density at radius 2 is 1.96 bits per heavy atom. The lowest BCUT2D eigenvalue weighted by Gasteiger charge is -2.22. The molecule has 0 radical (unpaired) electrons. The Morgan fingerprint density at radius 1 is 1.15 bits per heavy atom. The summed E-state index contributed by atoms with van der Waals surface area (Å²) in [4.78, 5) is 14.3. The third-order valence-electron chi connectivity index (χ3n) is 3.79. The van der Waals surface area contributed by atoms with Crippen molar-refractivity contribution in [1.29, 1.82) is 0 Å². The molecule has 0 aliphatic carbocycles. The van der Waals surface area contributed by atoms with Crippen LogP contribution in [0.2, 0.25) is 0 Å². The molecule has 2 rings (SSSR count). The number of carbonyl (C=O) groups excluding carboxylic acids is 1. The summed E-state index contributed by atoms with van der Waals surface area (Å²) >= 11 is 0. The molecule has 0 fully saturated rings. The standard InChI is InChI=1S/C19H25NO5S/c1-3-4-5-11-19(21)20(15-18-10-7-12-24-18)14-16-8-6-9-17(13-16)25-26(2,22)23/h6-10,12-13H,3-5,11,14-15H2,1-2H3. The molecule has 0 bridgehead atoms. The lowest BCUT2D eigenvalue weighted by atomic mass is 10.1. The highest BCUT2D eigenvalue weighted by atomic mass is 32.2. The molecule has 0 aliphatic rings. The third-order valence-corrected chi connectivity index (χ3v) is 4.29. The largest absolute Gasteiger partial charge is 0.467 e. The molecule has 1 amide bonds. The SMILES string of the molecule is CCCCCC(=O)N(Cc1cccc(OS(C)(=O)=O)c1)Cc1ccco1. The lowest BCUT2D eigenvalue weighted by molar-refractivity contribution is -0.132. The van der Waals surface area contributed by atoms with E-state index >= 15 is 0 Å². The molecule has 0 saturated carbocycles. The van der Waals surface area contributed by atoms with Crippen molar-refractivity contribution in [3.63, 3.8) is 0 Å². The van der Waals surface area contributed by atoms with Crippen molar-refractivity contribution >= 4 is 16.0 Å². The van der Waals surface area contributed by atoms with Crippen molar-refractivity contribution in [2.45, 2.75) is 45.7 Å². The minimum atomic E-state index is -3.59. The zero-order chi connectivity index (χ0) is 19.0. The van der Waals surface area contributed by atoms with Gasteiger partial charge in [0.05, 0.1) is 19.1 Å². The van der Waals surface area contributed by atoms with Crippen molar-refractivity contribution < 1.29 is 21.8 Å². The number of nitrogens with zero attached hydrogens (tertiary/aromatic N) is 1. The average Bonchev–Trinajstić information content (AvgIpc) is 3.06. The summed E-state index contributed by atoms with van der Waals surface area (Å²) in [5.74, 6) is 0.989. The Hall–Kier alpha value is -2.28. The number of unbranched alkanes of at least 4 members (excludes halogenated alkanes) is 2. The van der Waals surface area contributed by atoms with Gasteiger partial charge in [-0.2, -0.15) is 8.42 Å². The van der Waals surface area contributed by atoms with E-state index in [-0.39, 0.29) is 11.7 Å². The number of carbonyl (C=O) groups is 1. The van der Waals surface area contributed by atoms with E-state index in [1.165, 1.54) is 0 Å². The third kappa shape index (κ3) is 6.92. The molecular formula is C19H25NO5S. The van der Waals surface area contributed by atoms with Crippen LogP contribution in [0, 0.1) is 0 Å². The van der Waals surface area contributed by atoms with Gasteiger partial charge in [-0.25, -0.2) is 0 Å². The fraction of sp³-hybridized carbons (Fsp3) is 0.421. The van der Waals surface area contributed by atoms with Gasteiger partial charge in [-0.05, 0) is 36.2 Å². The van der Waals surface area contributed by atoms with Gasteiger partial charge in [-0.15, -0.1) is 0 Å². The van der Waals surface area contributed by atoms with Gasteiger partial charge in [0.2, 0.25) is 5.91 Å². The van der Waals surface area contributed by atoms with E-state index in [2.05, 4.69) is 6.92 Å². The molecule has 0 aliphatic heterocycles. The van der Waals surface area contributed by atoms with Crippen LogP contribution in [-0.2, 0) is 28.0 Å². The first kappa shape index (κ1) is 20.0. The van der Waals surface area contributed by atoms with Crippen LogP contribution < -0.4 is 4.18 Å². The maximum atomic E-state index is 12.6. The second-order valence-electron chi connectivity index (χ2n) is 6.22. The van der Waals surface area contributed by atoms with Crippen molar-refractivity contribution in [3.8, 4) is 5.75 Å². The van der Waals surface area contributed by atoms with E-state index in [9.17, 15) is 13.2 Å². The van der Waals surface area contributed by atoms with Crippen LogP contribution in [0.4, 0.5) is 0 Å². The zero-order valence-electron chi connectivity index (χ0n) is 15.2. The minimum absolute atomic E-state index is 0.0456. The first-order chi connectivity index (χ1) is 12.4. The van der Waals surface area contributed by atoms with Crippen LogP contribution in [0.25, 0.3) is 0 Å². The topological polar surface area (TPSA) is 76.8 Å². The van der Waals surface area contributed by atoms with Crippen LogP contribution in [0.3, 0.4) is 0 Å². The number of hydrogen-bond donors (Lipinski definition) is 0. The van der Waals surface area contributed by atoms with Crippen molar-refractivity contribution in [3.05, 3.63) is 54.0 Å². The van der Waals surface area contributed by atoms with E-state index in [0.717, 1.165) is 31.1 Å². The fourth-order valence-corrected chi connectivity index (χ4v) is 3.05. The highest BCUT2D eigenvalue weighted by Crippen LogP contribution is 2.19. The number of rotatable bonds is 10. The van der Waals surface area contributed by atoms with Gasteiger partial charge in [0.25, 0.3) is 0 Å². The zero-order valence-corrected chi connectivity index (χ0v) is 16.0. The smallest absolute Gasteiger partial charge is 0.306 e. The summed E-state index contributed by atoms with van der Waals surface area (Å²) in [6.07, 6.45) is 5.97. The quantitative estimate of drug-likeness (QED) is 0.464.